The maximum Gasteiger partial charge on any atom is 0.243 e. The molecular formula is C18H20BrN5O2S. The molecule has 2 saturated carbocycles. The first kappa shape index (κ1) is 18.5. The third-order valence-electron chi connectivity index (χ3n) is 4.47. The first-order valence-corrected chi connectivity index (χ1v) is 10.8. The van der Waals surface area contributed by atoms with Gasteiger partial charge in [-0.3, -0.25) is 9.59 Å². The average Bonchev–Trinajstić information content (AvgIpc) is 3.59. The van der Waals surface area contributed by atoms with Crippen LogP contribution in [0.4, 0.5) is 5.69 Å². The van der Waals surface area contributed by atoms with Crippen molar-refractivity contribution in [1.82, 2.24) is 20.1 Å². The van der Waals surface area contributed by atoms with Crippen molar-refractivity contribution in [3.8, 4) is 0 Å². The van der Waals surface area contributed by atoms with Gasteiger partial charge in [0.05, 0.1) is 18.0 Å². The van der Waals surface area contributed by atoms with Gasteiger partial charge in [-0.15, -0.1) is 10.2 Å². The highest BCUT2D eigenvalue weighted by molar-refractivity contribution is 9.10. The second-order valence-corrected chi connectivity index (χ2v) is 8.61. The van der Waals surface area contributed by atoms with Crippen LogP contribution in [0.15, 0.2) is 33.9 Å². The van der Waals surface area contributed by atoms with Gasteiger partial charge in [-0.05, 0) is 53.7 Å². The smallest absolute Gasteiger partial charge is 0.243 e. The molecule has 0 bridgehead atoms. The molecule has 1 aromatic carbocycles. The van der Waals surface area contributed by atoms with Crippen molar-refractivity contribution in [2.75, 3.05) is 17.6 Å². The second-order valence-electron chi connectivity index (χ2n) is 6.81. The lowest BCUT2D eigenvalue weighted by Crippen LogP contribution is -2.34. The number of nitrogens with one attached hydrogen (secondary N) is 2. The van der Waals surface area contributed by atoms with Crippen molar-refractivity contribution < 1.29 is 9.59 Å². The molecule has 2 N–H and O–H groups in total. The van der Waals surface area contributed by atoms with E-state index in [1.165, 1.54) is 24.6 Å². The Bertz CT molecular complexity index is 863. The van der Waals surface area contributed by atoms with E-state index in [0.717, 1.165) is 28.3 Å². The van der Waals surface area contributed by atoms with Crippen LogP contribution in [0.25, 0.3) is 0 Å². The number of aromatic nitrogens is 3. The zero-order valence-corrected chi connectivity index (χ0v) is 17.1. The average molecular weight is 450 g/mol. The number of benzene rings is 1. The molecule has 2 amide bonds. The van der Waals surface area contributed by atoms with E-state index in [-0.39, 0.29) is 24.1 Å². The first-order valence-electron chi connectivity index (χ1n) is 9.00. The van der Waals surface area contributed by atoms with Crippen molar-refractivity contribution in [1.29, 1.82) is 0 Å². The summed E-state index contributed by atoms with van der Waals surface area (Å²) < 4.78 is 3.01. The van der Waals surface area contributed by atoms with Gasteiger partial charge in [-0.2, -0.15) is 0 Å². The van der Waals surface area contributed by atoms with Crippen LogP contribution in [-0.4, -0.2) is 38.9 Å². The highest BCUT2D eigenvalue weighted by Gasteiger charge is 2.36. The highest BCUT2D eigenvalue weighted by atomic mass is 79.9. The molecule has 7 nitrogen and oxygen atoms in total. The molecule has 4 rings (SSSR count). The van der Waals surface area contributed by atoms with Crippen molar-refractivity contribution in [3.63, 3.8) is 0 Å². The van der Waals surface area contributed by atoms with Crippen molar-refractivity contribution >= 4 is 45.2 Å². The number of carbonyl (C=O) groups excluding carboxylic acids is 2. The van der Waals surface area contributed by atoms with Gasteiger partial charge in [0.15, 0.2) is 5.16 Å². The molecule has 1 heterocycles. The number of thioether (sulfide) groups is 1. The van der Waals surface area contributed by atoms with E-state index in [1.807, 2.05) is 18.2 Å². The summed E-state index contributed by atoms with van der Waals surface area (Å²) in [5.41, 5.74) is 0.677. The summed E-state index contributed by atoms with van der Waals surface area (Å²) in [5, 5.41) is 14.8. The summed E-state index contributed by atoms with van der Waals surface area (Å²) >= 11 is 4.76. The van der Waals surface area contributed by atoms with Gasteiger partial charge in [0.1, 0.15) is 5.82 Å². The van der Waals surface area contributed by atoms with Crippen molar-refractivity contribution in [2.24, 2.45) is 0 Å². The number of anilines is 1. The Kier molecular flexibility index (Phi) is 5.49. The van der Waals surface area contributed by atoms with Crippen LogP contribution in [0.1, 0.15) is 43.5 Å². The monoisotopic (exact) mass is 449 g/mol. The van der Waals surface area contributed by atoms with Crippen LogP contribution in [0.5, 0.6) is 0 Å². The third kappa shape index (κ3) is 4.70. The van der Waals surface area contributed by atoms with Crippen LogP contribution in [0, 0.1) is 0 Å². The van der Waals surface area contributed by atoms with Gasteiger partial charge in [0.2, 0.25) is 11.8 Å². The van der Waals surface area contributed by atoms with Gasteiger partial charge in [-0.1, -0.05) is 23.9 Å². The van der Waals surface area contributed by atoms with Crippen molar-refractivity contribution in [3.05, 3.63) is 34.6 Å². The number of amides is 2. The molecule has 0 saturated heterocycles. The number of para-hydroxylation sites is 1. The summed E-state index contributed by atoms with van der Waals surface area (Å²) in [6.07, 6.45) is 4.69. The molecule has 2 aliphatic carbocycles. The number of hydrogen-bond acceptors (Lipinski definition) is 5. The minimum Gasteiger partial charge on any atom is -0.346 e. The quantitative estimate of drug-likeness (QED) is 0.604. The predicted octanol–water partition coefficient (Wildman–Crippen LogP) is 3.10. The Morgan fingerprint density at radius 1 is 1.15 bits per heavy atom. The lowest BCUT2D eigenvalue weighted by molar-refractivity contribution is -0.122. The Morgan fingerprint density at radius 3 is 2.63 bits per heavy atom. The van der Waals surface area contributed by atoms with Crippen LogP contribution in [0.2, 0.25) is 0 Å². The maximum atomic E-state index is 12.1. The maximum absolute atomic E-state index is 12.1. The zero-order valence-electron chi connectivity index (χ0n) is 14.7. The van der Waals surface area contributed by atoms with Gasteiger partial charge in [0, 0.05) is 16.4 Å². The summed E-state index contributed by atoms with van der Waals surface area (Å²) in [6, 6.07) is 7.84. The normalized spacial score (nSPS) is 16.2. The fourth-order valence-corrected chi connectivity index (χ4v) is 4.03. The lowest BCUT2D eigenvalue weighted by atomic mass is 10.3. The summed E-state index contributed by atoms with van der Waals surface area (Å²) in [5.74, 6) is 1.38. The Balaban J connectivity index is 1.25. The Morgan fingerprint density at radius 2 is 1.93 bits per heavy atom. The molecule has 142 valence electrons. The molecule has 0 aliphatic heterocycles. The molecule has 1 aromatic heterocycles. The third-order valence-corrected chi connectivity index (χ3v) is 6.11. The van der Waals surface area contributed by atoms with E-state index in [0.29, 0.717) is 17.6 Å². The summed E-state index contributed by atoms with van der Waals surface area (Å²) in [4.78, 5) is 24.1. The largest absolute Gasteiger partial charge is 0.346 e. The van der Waals surface area contributed by atoms with Gasteiger partial charge < -0.3 is 15.2 Å². The number of carbonyl (C=O) groups is 2. The summed E-state index contributed by atoms with van der Waals surface area (Å²) in [6.45, 7) is -0.0661. The zero-order chi connectivity index (χ0) is 18.8. The molecule has 0 spiro atoms. The van der Waals surface area contributed by atoms with Crippen LogP contribution in [0.3, 0.4) is 0 Å². The summed E-state index contributed by atoms with van der Waals surface area (Å²) in [7, 11) is 0. The molecule has 0 radical (unpaired) electrons. The number of halogens is 1. The first-order chi connectivity index (χ1) is 13.1. The minimum absolute atomic E-state index is 0.0661. The van der Waals surface area contributed by atoms with E-state index in [4.69, 9.17) is 0 Å². The predicted molar refractivity (Wildman–Crippen MR) is 107 cm³/mol. The number of rotatable bonds is 8. The van der Waals surface area contributed by atoms with Crippen molar-refractivity contribution in [2.45, 2.75) is 42.8 Å². The standard InChI is InChI=1S/C18H20BrN5O2S/c19-13-3-1-2-4-14(13)21-15(25)9-20-16(26)10-27-18-23-22-17(11-5-6-11)24(18)12-7-8-12/h1-4,11-12H,5-10H2,(H,20,26)(H,21,25). The Hall–Kier alpha value is -1.87. The Labute approximate surface area is 169 Å². The molecule has 2 aliphatic rings. The van der Waals surface area contributed by atoms with Gasteiger partial charge >= 0.3 is 0 Å². The van der Waals surface area contributed by atoms with Crippen LogP contribution < -0.4 is 10.6 Å². The number of nitrogens with zero attached hydrogens (tertiary/aromatic N) is 3. The topological polar surface area (TPSA) is 88.9 Å². The SMILES string of the molecule is O=C(CSc1nnc(C2CC2)n1C1CC1)NCC(=O)Nc1ccccc1Br. The fourth-order valence-electron chi connectivity index (χ4n) is 2.80. The molecule has 2 aromatic rings. The molecule has 0 atom stereocenters. The van der Waals surface area contributed by atoms with Gasteiger partial charge in [0.25, 0.3) is 0 Å². The minimum atomic E-state index is -0.266. The molecule has 2 fully saturated rings. The molecular weight excluding hydrogens is 430 g/mol. The van der Waals surface area contributed by atoms with E-state index >= 15 is 0 Å². The lowest BCUT2D eigenvalue weighted by Gasteiger charge is -2.09. The van der Waals surface area contributed by atoms with E-state index in [2.05, 4.69) is 41.3 Å². The van der Waals surface area contributed by atoms with Crippen LogP contribution in [-0.2, 0) is 9.59 Å². The highest BCUT2D eigenvalue weighted by Crippen LogP contribution is 2.45. The second kappa shape index (κ2) is 8.02. The van der Waals surface area contributed by atoms with Crippen LogP contribution >= 0.6 is 27.7 Å². The number of hydrogen-bond donors (Lipinski definition) is 2. The van der Waals surface area contributed by atoms with Gasteiger partial charge in [-0.25, -0.2) is 0 Å². The van der Waals surface area contributed by atoms with E-state index < -0.39 is 0 Å². The fraction of sp³-hybridized carbons (Fsp3) is 0.444. The molecule has 0 unspecified atom stereocenters. The van der Waals surface area contributed by atoms with E-state index in [1.54, 1.807) is 6.07 Å². The molecule has 9 heteroatoms. The van der Waals surface area contributed by atoms with E-state index in [9.17, 15) is 9.59 Å². The molecule has 27 heavy (non-hydrogen) atoms.